The van der Waals surface area contributed by atoms with Gasteiger partial charge in [-0.1, -0.05) is 28.1 Å². The number of carbonyl (C=O) groups excluding carboxylic acids is 2. The van der Waals surface area contributed by atoms with E-state index >= 15 is 0 Å². The van der Waals surface area contributed by atoms with E-state index in [0.29, 0.717) is 12.2 Å². The van der Waals surface area contributed by atoms with E-state index in [1.807, 2.05) is 36.4 Å². The number of imide groups is 1. The molecule has 1 atom stereocenters. The fourth-order valence-corrected chi connectivity index (χ4v) is 3.46. The number of nitrogens with zero attached hydrogens (tertiary/aromatic N) is 2. The van der Waals surface area contributed by atoms with Gasteiger partial charge in [0.05, 0.1) is 12.9 Å². The number of aromatic nitrogens is 2. The Balaban J connectivity index is 1.35. The van der Waals surface area contributed by atoms with Crippen molar-refractivity contribution in [3.05, 3.63) is 59.1 Å². The molecule has 8 heteroatoms. The van der Waals surface area contributed by atoms with Crippen molar-refractivity contribution < 1.29 is 14.3 Å². The molecule has 0 unspecified atom stereocenters. The SMILES string of the molecule is O=C1N[C@@H](Cc2cnc[nH]2)C(=O)N1CCOc1ccc2cc(Br)ccc2c1. The van der Waals surface area contributed by atoms with Gasteiger partial charge in [-0.15, -0.1) is 0 Å². The van der Waals surface area contributed by atoms with Crippen LogP contribution in [0.5, 0.6) is 5.75 Å². The summed E-state index contributed by atoms with van der Waals surface area (Å²) in [6, 6.07) is 10.8. The van der Waals surface area contributed by atoms with E-state index in [1.165, 1.54) is 4.90 Å². The number of H-pyrrole nitrogens is 1. The van der Waals surface area contributed by atoms with Crippen molar-refractivity contribution in [2.24, 2.45) is 0 Å². The van der Waals surface area contributed by atoms with Gasteiger partial charge in [-0.25, -0.2) is 9.78 Å². The van der Waals surface area contributed by atoms with E-state index in [1.54, 1.807) is 12.5 Å². The molecule has 7 nitrogen and oxygen atoms in total. The highest BCUT2D eigenvalue weighted by Gasteiger charge is 2.37. The minimum absolute atomic E-state index is 0.197. The molecule has 2 heterocycles. The predicted octanol–water partition coefficient (Wildman–Crippen LogP) is 2.87. The number of imidazole rings is 1. The van der Waals surface area contributed by atoms with E-state index in [4.69, 9.17) is 4.74 Å². The molecular weight excluding hydrogens is 412 g/mol. The van der Waals surface area contributed by atoms with Crippen molar-refractivity contribution in [1.82, 2.24) is 20.2 Å². The summed E-state index contributed by atoms with van der Waals surface area (Å²) in [6.07, 6.45) is 3.58. The van der Waals surface area contributed by atoms with Crippen LogP contribution in [-0.2, 0) is 11.2 Å². The van der Waals surface area contributed by atoms with E-state index in [9.17, 15) is 9.59 Å². The molecular formula is C19H17BrN4O3. The van der Waals surface area contributed by atoms with Crippen LogP contribution >= 0.6 is 15.9 Å². The standard InChI is InChI=1S/C19H17BrN4O3/c20-14-3-1-13-8-16(4-2-12(13)7-14)27-6-5-24-18(25)17(23-19(24)26)9-15-10-21-11-22-15/h1-4,7-8,10-11,17H,5-6,9H2,(H,21,22)(H,23,26)/t17-/m0/s1. The highest BCUT2D eigenvalue weighted by Crippen LogP contribution is 2.24. The second-order valence-corrected chi connectivity index (χ2v) is 7.19. The first-order valence-electron chi connectivity index (χ1n) is 8.51. The fraction of sp³-hybridized carbons (Fsp3) is 0.211. The van der Waals surface area contributed by atoms with Crippen LogP contribution in [0.2, 0.25) is 0 Å². The maximum atomic E-state index is 12.4. The van der Waals surface area contributed by atoms with Crippen LogP contribution < -0.4 is 10.1 Å². The lowest BCUT2D eigenvalue weighted by Crippen LogP contribution is -2.35. The summed E-state index contributed by atoms with van der Waals surface area (Å²) < 4.78 is 6.76. The molecule has 138 valence electrons. The van der Waals surface area contributed by atoms with Gasteiger partial charge in [0, 0.05) is 22.8 Å². The molecule has 0 bridgehead atoms. The van der Waals surface area contributed by atoms with Crippen LogP contribution in [-0.4, -0.2) is 46.0 Å². The van der Waals surface area contributed by atoms with E-state index in [2.05, 4.69) is 31.2 Å². The van der Waals surface area contributed by atoms with Gasteiger partial charge in [0.25, 0.3) is 5.91 Å². The summed E-state index contributed by atoms with van der Waals surface area (Å²) in [5, 5.41) is 4.86. The van der Waals surface area contributed by atoms with Crippen LogP contribution in [0.25, 0.3) is 10.8 Å². The number of ether oxygens (including phenoxy) is 1. The molecule has 1 aliphatic heterocycles. The molecule has 3 amide bonds. The summed E-state index contributed by atoms with van der Waals surface area (Å²) in [7, 11) is 0. The van der Waals surface area contributed by atoms with Crippen molar-refractivity contribution in [3.63, 3.8) is 0 Å². The Hall–Kier alpha value is -2.87. The quantitative estimate of drug-likeness (QED) is 0.590. The van der Waals surface area contributed by atoms with Crippen molar-refractivity contribution >= 4 is 38.6 Å². The average Bonchev–Trinajstić information content (AvgIpc) is 3.25. The number of hydrogen-bond acceptors (Lipinski definition) is 4. The molecule has 0 aliphatic carbocycles. The Morgan fingerprint density at radius 3 is 2.78 bits per heavy atom. The molecule has 3 aromatic rings. The number of hydrogen-bond donors (Lipinski definition) is 2. The summed E-state index contributed by atoms with van der Waals surface area (Å²) in [5.41, 5.74) is 0.801. The first kappa shape index (κ1) is 17.5. The molecule has 2 N–H and O–H groups in total. The topological polar surface area (TPSA) is 87.3 Å². The van der Waals surface area contributed by atoms with Crippen molar-refractivity contribution in [2.45, 2.75) is 12.5 Å². The Morgan fingerprint density at radius 2 is 1.96 bits per heavy atom. The number of urea groups is 1. The number of halogens is 1. The third kappa shape index (κ3) is 3.80. The summed E-state index contributed by atoms with van der Waals surface area (Å²) in [6.45, 7) is 0.431. The number of amides is 3. The molecule has 0 spiro atoms. The van der Waals surface area contributed by atoms with Gasteiger partial charge in [0.1, 0.15) is 18.4 Å². The maximum absolute atomic E-state index is 12.4. The lowest BCUT2D eigenvalue weighted by molar-refractivity contribution is -0.127. The molecule has 1 aliphatic rings. The summed E-state index contributed by atoms with van der Waals surface area (Å²) in [5.74, 6) is 0.451. The van der Waals surface area contributed by atoms with Gasteiger partial charge >= 0.3 is 6.03 Å². The third-order valence-corrected chi connectivity index (χ3v) is 4.94. The molecule has 2 aromatic carbocycles. The highest BCUT2D eigenvalue weighted by atomic mass is 79.9. The number of benzene rings is 2. The maximum Gasteiger partial charge on any atom is 0.324 e. The molecule has 4 rings (SSSR count). The van der Waals surface area contributed by atoms with Crippen LogP contribution in [0.4, 0.5) is 4.79 Å². The number of fused-ring (bicyclic) bond motifs is 1. The Kier molecular flexibility index (Phi) is 4.81. The molecule has 27 heavy (non-hydrogen) atoms. The normalized spacial score (nSPS) is 16.8. The van der Waals surface area contributed by atoms with Gasteiger partial charge in [-0.2, -0.15) is 0 Å². The third-order valence-electron chi connectivity index (χ3n) is 4.44. The minimum Gasteiger partial charge on any atom is -0.492 e. The van der Waals surface area contributed by atoms with Gasteiger partial charge in [0.2, 0.25) is 0 Å². The van der Waals surface area contributed by atoms with Gasteiger partial charge in [-0.3, -0.25) is 9.69 Å². The zero-order valence-corrected chi connectivity index (χ0v) is 15.9. The minimum atomic E-state index is -0.572. The monoisotopic (exact) mass is 428 g/mol. The lowest BCUT2D eigenvalue weighted by atomic mass is 10.1. The van der Waals surface area contributed by atoms with Crippen molar-refractivity contribution in [3.8, 4) is 5.75 Å². The Labute approximate surface area is 163 Å². The zero-order valence-electron chi connectivity index (χ0n) is 14.3. The second kappa shape index (κ2) is 7.40. The largest absolute Gasteiger partial charge is 0.492 e. The molecule has 1 saturated heterocycles. The molecule has 0 radical (unpaired) electrons. The summed E-state index contributed by atoms with van der Waals surface area (Å²) >= 11 is 3.45. The predicted molar refractivity (Wildman–Crippen MR) is 103 cm³/mol. The van der Waals surface area contributed by atoms with E-state index in [0.717, 1.165) is 20.9 Å². The van der Waals surface area contributed by atoms with Crippen molar-refractivity contribution in [2.75, 3.05) is 13.2 Å². The Morgan fingerprint density at radius 1 is 1.15 bits per heavy atom. The number of rotatable bonds is 6. The van der Waals surface area contributed by atoms with E-state index in [-0.39, 0.29) is 19.1 Å². The first-order valence-corrected chi connectivity index (χ1v) is 9.31. The van der Waals surface area contributed by atoms with Crippen molar-refractivity contribution in [1.29, 1.82) is 0 Å². The fourth-order valence-electron chi connectivity index (χ4n) is 3.08. The number of carbonyl (C=O) groups is 2. The zero-order chi connectivity index (χ0) is 18.8. The second-order valence-electron chi connectivity index (χ2n) is 6.27. The number of aromatic amines is 1. The molecule has 1 fully saturated rings. The van der Waals surface area contributed by atoms with E-state index < -0.39 is 12.1 Å². The van der Waals surface area contributed by atoms with Crippen LogP contribution in [0, 0.1) is 0 Å². The van der Waals surface area contributed by atoms with Crippen LogP contribution in [0.1, 0.15) is 5.69 Å². The highest BCUT2D eigenvalue weighted by molar-refractivity contribution is 9.10. The molecule has 1 aromatic heterocycles. The van der Waals surface area contributed by atoms with Gasteiger partial charge in [0.15, 0.2) is 0 Å². The van der Waals surface area contributed by atoms with Crippen LogP contribution in [0.3, 0.4) is 0 Å². The van der Waals surface area contributed by atoms with Gasteiger partial charge < -0.3 is 15.0 Å². The summed E-state index contributed by atoms with van der Waals surface area (Å²) in [4.78, 5) is 32.6. The Bertz CT molecular complexity index is 990. The number of nitrogens with one attached hydrogen (secondary N) is 2. The lowest BCUT2D eigenvalue weighted by Gasteiger charge is -2.14. The van der Waals surface area contributed by atoms with Gasteiger partial charge in [-0.05, 0) is 35.0 Å². The molecule has 0 saturated carbocycles. The average molecular weight is 429 g/mol. The van der Waals surface area contributed by atoms with Crippen LogP contribution in [0.15, 0.2) is 53.4 Å². The first-order chi connectivity index (χ1) is 13.1. The smallest absolute Gasteiger partial charge is 0.324 e.